The first kappa shape index (κ1) is 14.2. The molecule has 0 radical (unpaired) electrons. The van der Waals surface area contributed by atoms with E-state index in [-0.39, 0.29) is 0 Å². The van der Waals surface area contributed by atoms with Gasteiger partial charge in [-0.05, 0) is 19.4 Å². The number of nitrogens with one attached hydrogen (secondary N) is 1. The molecule has 1 aromatic heterocycles. The Morgan fingerprint density at radius 1 is 1.12 bits per heavy atom. The van der Waals surface area contributed by atoms with Crippen molar-refractivity contribution in [2.45, 2.75) is 65.5 Å². The van der Waals surface area contributed by atoms with Crippen LogP contribution in [0.25, 0.3) is 0 Å². The molecule has 0 saturated carbocycles. The van der Waals surface area contributed by atoms with Gasteiger partial charge in [0.2, 0.25) is 0 Å². The average Bonchev–Trinajstić information content (AvgIpc) is 2.77. The summed E-state index contributed by atoms with van der Waals surface area (Å²) in [5.41, 5.74) is 0. The van der Waals surface area contributed by atoms with Gasteiger partial charge in [-0.2, -0.15) is 0 Å². The minimum atomic E-state index is 0.899. The predicted molar refractivity (Wildman–Crippen MR) is 73.0 cm³/mol. The van der Waals surface area contributed by atoms with Crippen molar-refractivity contribution in [1.29, 1.82) is 0 Å². The standard InChI is InChI=1S/C14H27N3/c1-3-5-6-7-8-11-17-12-10-16-14(17)13-15-9-4-2/h10,12,15H,3-9,11,13H2,1-2H3. The van der Waals surface area contributed by atoms with E-state index in [1.165, 1.54) is 44.3 Å². The number of hydrogen-bond acceptors (Lipinski definition) is 2. The molecule has 0 spiro atoms. The number of nitrogens with zero attached hydrogens (tertiary/aromatic N) is 2. The van der Waals surface area contributed by atoms with Crippen molar-refractivity contribution in [1.82, 2.24) is 14.9 Å². The summed E-state index contributed by atoms with van der Waals surface area (Å²) in [6, 6.07) is 0. The molecule has 3 nitrogen and oxygen atoms in total. The van der Waals surface area contributed by atoms with Gasteiger partial charge in [-0.15, -0.1) is 0 Å². The van der Waals surface area contributed by atoms with Crippen molar-refractivity contribution in [2.24, 2.45) is 0 Å². The van der Waals surface area contributed by atoms with Crippen LogP contribution >= 0.6 is 0 Å². The Hall–Kier alpha value is -0.830. The van der Waals surface area contributed by atoms with Crippen LogP contribution in [-0.2, 0) is 13.1 Å². The van der Waals surface area contributed by atoms with E-state index in [2.05, 4.69) is 34.9 Å². The number of rotatable bonds is 10. The van der Waals surface area contributed by atoms with Crippen LogP contribution in [0.15, 0.2) is 12.4 Å². The quantitative estimate of drug-likeness (QED) is 0.632. The highest BCUT2D eigenvalue weighted by molar-refractivity contribution is 4.91. The molecule has 98 valence electrons. The maximum Gasteiger partial charge on any atom is 0.122 e. The summed E-state index contributed by atoms with van der Waals surface area (Å²) in [7, 11) is 0. The average molecular weight is 237 g/mol. The van der Waals surface area contributed by atoms with Crippen molar-refractivity contribution in [3.8, 4) is 0 Å². The Morgan fingerprint density at radius 2 is 1.94 bits per heavy atom. The Morgan fingerprint density at radius 3 is 2.71 bits per heavy atom. The first-order chi connectivity index (χ1) is 8.38. The highest BCUT2D eigenvalue weighted by Gasteiger charge is 2.01. The number of aryl methyl sites for hydroxylation is 1. The van der Waals surface area contributed by atoms with Crippen LogP contribution in [0, 0.1) is 0 Å². The fourth-order valence-electron chi connectivity index (χ4n) is 1.97. The summed E-state index contributed by atoms with van der Waals surface area (Å²) in [6.45, 7) is 7.53. The Bertz CT molecular complexity index is 281. The fraction of sp³-hybridized carbons (Fsp3) is 0.786. The molecule has 0 fully saturated rings. The lowest BCUT2D eigenvalue weighted by molar-refractivity contribution is 0.539. The molecule has 0 aliphatic heterocycles. The van der Waals surface area contributed by atoms with Gasteiger partial charge < -0.3 is 9.88 Å². The zero-order chi connectivity index (χ0) is 12.3. The largest absolute Gasteiger partial charge is 0.334 e. The monoisotopic (exact) mass is 237 g/mol. The molecule has 0 bridgehead atoms. The predicted octanol–water partition coefficient (Wildman–Crippen LogP) is 3.35. The molecule has 0 atom stereocenters. The van der Waals surface area contributed by atoms with Crippen LogP contribution in [-0.4, -0.2) is 16.1 Å². The summed E-state index contributed by atoms with van der Waals surface area (Å²) in [5, 5.41) is 3.41. The van der Waals surface area contributed by atoms with Crippen molar-refractivity contribution >= 4 is 0 Å². The molecule has 0 aliphatic rings. The minimum Gasteiger partial charge on any atom is -0.334 e. The summed E-state index contributed by atoms with van der Waals surface area (Å²) >= 11 is 0. The van der Waals surface area contributed by atoms with Gasteiger partial charge in [0.25, 0.3) is 0 Å². The normalized spacial score (nSPS) is 10.9. The lowest BCUT2D eigenvalue weighted by Crippen LogP contribution is -2.17. The second kappa shape index (κ2) is 9.23. The van der Waals surface area contributed by atoms with Crippen LogP contribution in [0.3, 0.4) is 0 Å². The van der Waals surface area contributed by atoms with E-state index in [4.69, 9.17) is 0 Å². The topological polar surface area (TPSA) is 29.9 Å². The van der Waals surface area contributed by atoms with E-state index in [0.29, 0.717) is 0 Å². The molecule has 1 N–H and O–H groups in total. The molecule has 0 amide bonds. The molecule has 0 aliphatic carbocycles. The highest BCUT2D eigenvalue weighted by Crippen LogP contribution is 2.06. The third kappa shape index (κ3) is 5.87. The molecule has 0 unspecified atom stereocenters. The highest BCUT2D eigenvalue weighted by atomic mass is 15.1. The molecule has 17 heavy (non-hydrogen) atoms. The number of imidazole rings is 1. The van der Waals surface area contributed by atoms with Crippen molar-refractivity contribution in [3.05, 3.63) is 18.2 Å². The number of aromatic nitrogens is 2. The van der Waals surface area contributed by atoms with Crippen LogP contribution in [0.5, 0.6) is 0 Å². The van der Waals surface area contributed by atoms with Crippen LogP contribution in [0.4, 0.5) is 0 Å². The second-order valence-corrected chi connectivity index (χ2v) is 4.63. The number of unbranched alkanes of at least 4 members (excludes halogenated alkanes) is 4. The van der Waals surface area contributed by atoms with Crippen molar-refractivity contribution < 1.29 is 0 Å². The molecule has 1 rings (SSSR count). The van der Waals surface area contributed by atoms with E-state index in [9.17, 15) is 0 Å². The van der Waals surface area contributed by atoms with E-state index in [1.54, 1.807) is 0 Å². The third-order valence-corrected chi connectivity index (χ3v) is 3.01. The molecule has 1 aromatic rings. The van der Waals surface area contributed by atoms with Gasteiger partial charge in [0, 0.05) is 18.9 Å². The number of hydrogen-bond donors (Lipinski definition) is 1. The molecule has 1 heterocycles. The Kier molecular flexibility index (Phi) is 7.72. The molecule has 0 aromatic carbocycles. The van der Waals surface area contributed by atoms with E-state index < -0.39 is 0 Å². The van der Waals surface area contributed by atoms with E-state index in [1.807, 2.05) is 6.20 Å². The van der Waals surface area contributed by atoms with Gasteiger partial charge in [-0.1, -0.05) is 39.5 Å². The van der Waals surface area contributed by atoms with Gasteiger partial charge in [-0.25, -0.2) is 4.98 Å². The molecular weight excluding hydrogens is 210 g/mol. The van der Waals surface area contributed by atoms with Gasteiger partial charge in [0.15, 0.2) is 0 Å². The molecule has 0 saturated heterocycles. The van der Waals surface area contributed by atoms with Crippen molar-refractivity contribution in [3.63, 3.8) is 0 Å². The smallest absolute Gasteiger partial charge is 0.122 e. The van der Waals surface area contributed by atoms with Crippen LogP contribution in [0.1, 0.15) is 58.2 Å². The maximum absolute atomic E-state index is 4.40. The van der Waals surface area contributed by atoms with Crippen LogP contribution < -0.4 is 5.32 Å². The second-order valence-electron chi connectivity index (χ2n) is 4.63. The fourth-order valence-corrected chi connectivity index (χ4v) is 1.97. The van der Waals surface area contributed by atoms with Crippen LogP contribution in [0.2, 0.25) is 0 Å². The maximum atomic E-state index is 4.40. The van der Waals surface area contributed by atoms with Gasteiger partial charge >= 0.3 is 0 Å². The van der Waals surface area contributed by atoms with E-state index in [0.717, 1.165) is 19.6 Å². The van der Waals surface area contributed by atoms with E-state index >= 15 is 0 Å². The summed E-state index contributed by atoms with van der Waals surface area (Å²) in [4.78, 5) is 4.40. The first-order valence-electron chi connectivity index (χ1n) is 7.09. The molecule has 3 heteroatoms. The summed E-state index contributed by atoms with van der Waals surface area (Å²) in [5.74, 6) is 1.17. The Balaban J connectivity index is 2.20. The van der Waals surface area contributed by atoms with Gasteiger partial charge in [0.05, 0.1) is 6.54 Å². The van der Waals surface area contributed by atoms with Gasteiger partial charge in [-0.3, -0.25) is 0 Å². The Labute approximate surface area is 106 Å². The SMILES string of the molecule is CCCCCCCn1ccnc1CNCCC. The lowest BCUT2D eigenvalue weighted by atomic mass is 10.1. The third-order valence-electron chi connectivity index (χ3n) is 3.01. The summed E-state index contributed by atoms with van der Waals surface area (Å²) in [6.07, 6.45) is 11.9. The first-order valence-corrected chi connectivity index (χ1v) is 7.09. The lowest BCUT2D eigenvalue weighted by Gasteiger charge is -2.08. The van der Waals surface area contributed by atoms with Crippen molar-refractivity contribution in [2.75, 3.05) is 6.54 Å². The minimum absolute atomic E-state index is 0.899. The van der Waals surface area contributed by atoms with Gasteiger partial charge in [0.1, 0.15) is 5.82 Å². The molecular formula is C14H27N3. The zero-order valence-corrected chi connectivity index (χ0v) is 11.4. The zero-order valence-electron chi connectivity index (χ0n) is 11.4. The summed E-state index contributed by atoms with van der Waals surface area (Å²) < 4.78 is 2.29.